The SMILES string of the molecule is COc1ccc(/C(=C(/c2ccc(OC)cc2)C2CC2)C2CC2)cc1. The Kier molecular flexibility index (Phi) is 4.05. The van der Waals surface area contributed by atoms with E-state index in [4.69, 9.17) is 9.47 Å². The minimum Gasteiger partial charge on any atom is -0.497 e. The van der Waals surface area contributed by atoms with Crippen molar-refractivity contribution in [2.75, 3.05) is 14.2 Å². The Labute approximate surface area is 144 Å². The Bertz CT molecular complexity index is 667. The van der Waals surface area contributed by atoms with E-state index in [0.717, 1.165) is 23.3 Å². The molecule has 0 saturated heterocycles. The number of hydrogen-bond acceptors (Lipinski definition) is 2. The van der Waals surface area contributed by atoms with Gasteiger partial charge >= 0.3 is 0 Å². The van der Waals surface area contributed by atoms with Crippen LogP contribution in [0.15, 0.2) is 48.5 Å². The van der Waals surface area contributed by atoms with E-state index < -0.39 is 0 Å². The van der Waals surface area contributed by atoms with Crippen LogP contribution in [0.25, 0.3) is 11.1 Å². The largest absolute Gasteiger partial charge is 0.497 e. The zero-order valence-electron chi connectivity index (χ0n) is 14.4. The van der Waals surface area contributed by atoms with Gasteiger partial charge in [-0.2, -0.15) is 0 Å². The molecule has 0 radical (unpaired) electrons. The molecule has 0 heterocycles. The fraction of sp³-hybridized carbons (Fsp3) is 0.364. The lowest BCUT2D eigenvalue weighted by atomic mass is 9.88. The van der Waals surface area contributed by atoms with Gasteiger partial charge in [-0.05, 0) is 84.1 Å². The molecule has 124 valence electrons. The number of allylic oxidation sites excluding steroid dienone is 2. The Morgan fingerprint density at radius 3 is 1.21 bits per heavy atom. The van der Waals surface area contributed by atoms with Gasteiger partial charge in [-0.15, -0.1) is 0 Å². The Morgan fingerprint density at radius 2 is 0.958 bits per heavy atom. The van der Waals surface area contributed by atoms with Crippen molar-refractivity contribution >= 4 is 11.1 Å². The average Bonchev–Trinajstić information content (AvgIpc) is 3.53. The molecule has 2 aromatic carbocycles. The van der Waals surface area contributed by atoms with E-state index in [1.54, 1.807) is 25.4 Å². The molecule has 0 spiro atoms. The molecule has 2 aliphatic rings. The molecule has 2 saturated carbocycles. The molecule has 2 nitrogen and oxygen atoms in total. The normalized spacial score (nSPS) is 18.1. The summed E-state index contributed by atoms with van der Waals surface area (Å²) in [4.78, 5) is 0. The van der Waals surface area contributed by atoms with E-state index in [1.165, 1.54) is 36.8 Å². The number of rotatable bonds is 6. The Hall–Kier alpha value is -2.22. The van der Waals surface area contributed by atoms with Crippen LogP contribution in [0.4, 0.5) is 0 Å². The maximum absolute atomic E-state index is 5.33. The van der Waals surface area contributed by atoms with Crippen LogP contribution >= 0.6 is 0 Å². The van der Waals surface area contributed by atoms with Gasteiger partial charge in [-0.25, -0.2) is 0 Å². The first kappa shape index (κ1) is 15.3. The summed E-state index contributed by atoms with van der Waals surface area (Å²) in [5, 5.41) is 0. The summed E-state index contributed by atoms with van der Waals surface area (Å²) in [5.74, 6) is 3.28. The van der Waals surface area contributed by atoms with Gasteiger partial charge < -0.3 is 9.47 Å². The van der Waals surface area contributed by atoms with E-state index in [0.29, 0.717) is 0 Å². The third-order valence-electron chi connectivity index (χ3n) is 5.06. The molecule has 0 unspecified atom stereocenters. The predicted molar refractivity (Wildman–Crippen MR) is 98.3 cm³/mol. The first-order chi connectivity index (χ1) is 11.8. The number of hydrogen-bond donors (Lipinski definition) is 0. The minimum atomic E-state index is 0.719. The summed E-state index contributed by atoms with van der Waals surface area (Å²) >= 11 is 0. The van der Waals surface area contributed by atoms with Crippen LogP contribution in [0, 0.1) is 11.8 Å². The van der Waals surface area contributed by atoms with E-state index in [2.05, 4.69) is 48.5 Å². The van der Waals surface area contributed by atoms with E-state index in [1.807, 2.05) is 0 Å². The van der Waals surface area contributed by atoms with Crippen LogP contribution in [-0.4, -0.2) is 14.2 Å². The maximum atomic E-state index is 5.33. The lowest BCUT2D eigenvalue weighted by Gasteiger charge is -2.17. The highest BCUT2D eigenvalue weighted by molar-refractivity contribution is 5.94. The number of benzene rings is 2. The van der Waals surface area contributed by atoms with Gasteiger partial charge in [-0.1, -0.05) is 24.3 Å². The maximum Gasteiger partial charge on any atom is 0.118 e. The highest BCUT2D eigenvalue weighted by Gasteiger charge is 2.36. The van der Waals surface area contributed by atoms with Crippen LogP contribution < -0.4 is 9.47 Å². The molecule has 0 bridgehead atoms. The van der Waals surface area contributed by atoms with Crippen LogP contribution in [-0.2, 0) is 0 Å². The van der Waals surface area contributed by atoms with Crippen molar-refractivity contribution in [3.63, 3.8) is 0 Å². The first-order valence-corrected chi connectivity index (χ1v) is 8.83. The summed E-state index contributed by atoms with van der Waals surface area (Å²) in [5.41, 5.74) is 5.84. The molecule has 0 N–H and O–H groups in total. The quantitative estimate of drug-likeness (QED) is 0.660. The summed E-state index contributed by atoms with van der Waals surface area (Å²) < 4.78 is 10.7. The third kappa shape index (κ3) is 3.06. The summed E-state index contributed by atoms with van der Waals surface area (Å²) in [6.45, 7) is 0. The summed E-state index contributed by atoms with van der Waals surface area (Å²) in [6, 6.07) is 17.2. The smallest absolute Gasteiger partial charge is 0.118 e. The summed E-state index contributed by atoms with van der Waals surface area (Å²) in [7, 11) is 3.44. The average molecular weight is 320 g/mol. The van der Waals surface area contributed by atoms with Crippen LogP contribution in [0.1, 0.15) is 36.8 Å². The lowest BCUT2D eigenvalue weighted by Crippen LogP contribution is -1.97. The van der Waals surface area contributed by atoms with Crippen LogP contribution in [0.2, 0.25) is 0 Å². The van der Waals surface area contributed by atoms with Gasteiger partial charge in [0.1, 0.15) is 11.5 Å². The van der Waals surface area contributed by atoms with E-state index >= 15 is 0 Å². The molecule has 0 amide bonds. The topological polar surface area (TPSA) is 18.5 Å². The summed E-state index contributed by atoms with van der Waals surface area (Å²) in [6.07, 6.45) is 5.25. The predicted octanol–water partition coefficient (Wildman–Crippen LogP) is 5.43. The van der Waals surface area contributed by atoms with E-state index in [9.17, 15) is 0 Å². The van der Waals surface area contributed by atoms with Crippen molar-refractivity contribution in [1.82, 2.24) is 0 Å². The number of ether oxygens (including phenoxy) is 2. The van der Waals surface area contributed by atoms with Crippen molar-refractivity contribution in [3.8, 4) is 11.5 Å². The van der Waals surface area contributed by atoms with Crippen molar-refractivity contribution in [2.24, 2.45) is 11.8 Å². The molecule has 0 aliphatic heterocycles. The van der Waals surface area contributed by atoms with Gasteiger partial charge in [0.2, 0.25) is 0 Å². The Morgan fingerprint density at radius 1 is 0.625 bits per heavy atom. The van der Waals surface area contributed by atoms with Gasteiger partial charge in [-0.3, -0.25) is 0 Å². The van der Waals surface area contributed by atoms with Crippen LogP contribution in [0.3, 0.4) is 0 Å². The van der Waals surface area contributed by atoms with Gasteiger partial charge in [0.15, 0.2) is 0 Å². The molecule has 2 heteroatoms. The molecule has 4 rings (SSSR count). The Balaban J connectivity index is 1.80. The first-order valence-electron chi connectivity index (χ1n) is 8.83. The standard InChI is InChI=1S/C22H24O2/c1-23-19-11-7-17(8-12-19)21(15-3-4-15)22(16-5-6-16)18-9-13-20(24-2)14-10-18/h7-16H,3-6H2,1-2H3/b22-21+. The minimum absolute atomic E-state index is 0.719. The molecular formula is C22H24O2. The molecule has 0 aromatic heterocycles. The molecule has 24 heavy (non-hydrogen) atoms. The lowest BCUT2D eigenvalue weighted by molar-refractivity contribution is 0.414. The molecule has 0 atom stereocenters. The fourth-order valence-corrected chi connectivity index (χ4v) is 3.51. The molecule has 2 aromatic rings. The monoisotopic (exact) mass is 320 g/mol. The van der Waals surface area contributed by atoms with Crippen molar-refractivity contribution in [2.45, 2.75) is 25.7 Å². The van der Waals surface area contributed by atoms with Crippen molar-refractivity contribution in [3.05, 3.63) is 59.7 Å². The van der Waals surface area contributed by atoms with Gasteiger partial charge in [0.25, 0.3) is 0 Å². The molecular weight excluding hydrogens is 296 g/mol. The van der Waals surface area contributed by atoms with Crippen LogP contribution in [0.5, 0.6) is 11.5 Å². The van der Waals surface area contributed by atoms with Crippen molar-refractivity contribution in [1.29, 1.82) is 0 Å². The highest BCUT2D eigenvalue weighted by Crippen LogP contribution is 2.53. The molecule has 2 aliphatic carbocycles. The zero-order chi connectivity index (χ0) is 16.5. The second-order valence-electron chi connectivity index (χ2n) is 6.83. The second-order valence-corrected chi connectivity index (χ2v) is 6.83. The van der Waals surface area contributed by atoms with Gasteiger partial charge in [0, 0.05) is 0 Å². The molecule has 2 fully saturated rings. The third-order valence-corrected chi connectivity index (χ3v) is 5.06. The van der Waals surface area contributed by atoms with Crippen molar-refractivity contribution < 1.29 is 9.47 Å². The highest BCUT2D eigenvalue weighted by atomic mass is 16.5. The van der Waals surface area contributed by atoms with Gasteiger partial charge in [0.05, 0.1) is 14.2 Å². The second kappa shape index (κ2) is 6.35. The zero-order valence-corrected chi connectivity index (χ0v) is 14.4. The van der Waals surface area contributed by atoms with E-state index in [-0.39, 0.29) is 0 Å². The number of methoxy groups -OCH3 is 2. The fourth-order valence-electron chi connectivity index (χ4n) is 3.51.